The van der Waals surface area contributed by atoms with Gasteiger partial charge in [0, 0.05) is 12.2 Å². The normalized spacial score (nSPS) is 10.2. The Labute approximate surface area is 131 Å². The molecule has 104 valence electrons. The van der Waals surface area contributed by atoms with Crippen molar-refractivity contribution in [2.24, 2.45) is 0 Å². The Morgan fingerprint density at radius 2 is 1.75 bits per heavy atom. The largest absolute Gasteiger partial charge is 0.358 e. The van der Waals surface area contributed by atoms with Gasteiger partial charge in [-0.2, -0.15) is 0 Å². The Kier molecular flexibility index (Phi) is 5.17. The molecular formula is C14H11Cl2FN2S. The van der Waals surface area contributed by atoms with E-state index >= 15 is 0 Å². The third-order valence-corrected chi connectivity index (χ3v) is 3.52. The summed E-state index contributed by atoms with van der Waals surface area (Å²) in [6, 6.07) is 11.3. The monoisotopic (exact) mass is 328 g/mol. The van der Waals surface area contributed by atoms with Crippen LogP contribution in [0.2, 0.25) is 10.0 Å². The molecule has 0 spiro atoms. The van der Waals surface area contributed by atoms with Gasteiger partial charge in [0.25, 0.3) is 0 Å². The fraction of sp³-hybridized carbons (Fsp3) is 0.0714. The molecule has 2 rings (SSSR count). The van der Waals surface area contributed by atoms with Gasteiger partial charge in [-0.25, -0.2) is 4.39 Å². The maximum atomic E-state index is 12.8. The van der Waals surface area contributed by atoms with E-state index in [1.807, 2.05) is 6.07 Å². The van der Waals surface area contributed by atoms with Crippen molar-refractivity contribution in [1.82, 2.24) is 5.32 Å². The minimum Gasteiger partial charge on any atom is -0.358 e. The van der Waals surface area contributed by atoms with E-state index in [2.05, 4.69) is 10.6 Å². The second kappa shape index (κ2) is 6.88. The predicted octanol–water partition coefficient (Wildman–Crippen LogP) is 4.62. The minimum atomic E-state index is -0.287. The van der Waals surface area contributed by atoms with E-state index in [0.717, 1.165) is 11.3 Å². The van der Waals surface area contributed by atoms with Crippen molar-refractivity contribution in [3.63, 3.8) is 0 Å². The Morgan fingerprint density at radius 3 is 2.40 bits per heavy atom. The third kappa shape index (κ3) is 4.34. The Balaban J connectivity index is 1.88. The van der Waals surface area contributed by atoms with Gasteiger partial charge in [-0.3, -0.25) is 0 Å². The minimum absolute atomic E-state index is 0.287. The highest BCUT2D eigenvalue weighted by molar-refractivity contribution is 7.80. The Bertz CT molecular complexity index is 617. The van der Waals surface area contributed by atoms with Gasteiger partial charge in [0.2, 0.25) is 0 Å². The molecule has 2 aromatic carbocycles. The van der Waals surface area contributed by atoms with Crippen LogP contribution in [0.4, 0.5) is 10.1 Å². The van der Waals surface area contributed by atoms with E-state index in [1.165, 1.54) is 12.1 Å². The summed E-state index contributed by atoms with van der Waals surface area (Å²) in [5, 5.41) is 7.46. The summed E-state index contributed by atoms with van der Waals surface area (Å²) in [6.07, 6.45) is 0. The Morgan fingerprint density at radius 1 is 1.05 bits per heavy atom. The molecule has 0 amide bonds. The van der Waals surface area contributed by atoms with Crippen molar-refractivity contribution < 1.29 is 4.39 Å². The maximum absolute atomic E-state index is 12.8. The van der Waals surface area contributed by atoms with E-state index in [9.17, 15) is 4.39 Å². The van der Waals surface area contributed by atoms with Crippen LogP contribution in [0.3, 0.4) is 0 Å². The van der Waals surface area contributed by atoms with Gasteiger partial charge in [-0.1, -0.05) is 29.3 Å². The molecule has 0 atom stereocenters. The van der Waals surface area contributed by atoms with Crippen LogP contribution in [-0.4, -0.2) is 5.11 Å². The third-order valence-electron chi connectivity index (χ3n) is 2.54. The Hall–Kier alpha value is -1.36. The molecule has 0 aliphatic rings. The highest BCUT2D eigenvalue weighted by atomic mass is 35.5. The number of rotatable bonds is 3. The standard InChI is InChI=1S/C14H11Cl2FN2S/c15-12-6-1-9(7-13(12)16)8-18-14(20)19-11-4-2-10(17)3-5-11/h1-7H,8H2,(H2,18,19,20). The van der Waals surface area contributed by atoms with Crippen LogP contribution >= 0.6 is 35.4 Å². The lowest BCUT2D eigenvalue weighted by Gasteiger charge is -2.11. The fourth-order valence-corrected chi connectivity index (χ4v) is 2.05. The van der Waals surface area contributed by atoms with Crippen LogP contribution in [-0.2, 0) is 6.54 Å². The van der Waals surface area contributed by atoms with Crippen molar-refractivity contribution in [3.8, 4) is 0 Å². The molecule has 0 unspecified atom stereocenters. The fourth-order valence-electron chi connectivity index (χ4n) is 1.54. The molecule has 0 aliphatic carbocycles. The molecule has 0 radical (unpaired) electrons. The van der Waals surface area contributed by atoms with Gasteiger partial charge < -0.3 is 10.6 Å². The first kappa shape index (κ1) is 15.0. The topological polar surface area (TPSA) is 24.1 Å². The number of nitrogens with one attached hydrogen (secondary N) is 2. The lowest BCUT2D eigenvalue weighted by molar-refractivity contribution is 0.628. The second-order valence-corrected chi connectivity index (χ2v) is 5.29. The highest BCUT2D eigenvalue weighted by Crippen LogP contribution is 2.22. The SMILES string of the molecule is Fc1ccc(NC(=S)NCc2ccc(Cl)c(Cl)c2)cc1. The number of hydrogen-bond donors (Lipinski definition) is 2. The lowest BCUT2D eigenvalue weighted by atomic mass is 10.2. The molecule has 0 saturated heterocycles. The van der Waals surface area contributed by atoms with Gasteiger partial charge in [0.1, 0.15) is 5.82 Å². The van der Waals surface area contributed by atoms with Crippen molar-refractivity contribution >= 4 is 46.2 Å². The van der Waals surface area contributed by atoms with Crippen LogP contribution in [0.1, 0.15) is 5.56 Å². The van der Waals surface area contributed by atoms with Gasteiger partial charge in [0.15, 0.2) is 5.11 Å². The maximum Gasteiger partial charge on any atom is 0.171 e. The molecule has 0 saturated carbocycles. The summed E-state index contributed by atoms with van der Waals surface area (Å²) in [7, 11) is 0. The smallest absolute Gasteiger partial charge is 0.171 e. The van der Waals surface area contributed by atoms with Gasteiger partial charge in [-0.05, 0) is 54.2 Å². The van der Waals surface area contributed by atoms with E-state index < -0.39 is 0 Å². The number of thiocarbonyl (C=S) groups is 1. The molecule has 0 bridgehead atoms. The summed E-state index contributed by atoms with van der Waals surface area (Å²) in [4.78, 5) is 0. The first-order valence-electron chi connectivity index (χ1n) is 5.79. The molecule has 0 heterocycles. The number of hydrogen-bond acceptors (Lipinski definition) is 1. The number of benzene rings is 2. The quantitative estimate of drug-likeness (QED) is 0.804. The summed E-state index contributed by atoms with van der Waals surface area (Å²) < 4.78 is 12.8. The second-order valence-electron chi connectivity index (χ2n) is 4.06. The molecule has 0 aromatic heterocycles. The average molecular weight is 329 g/mol. The van der Waals surface area contributed by atoms with E-state index in [0.29, 0.717) is 21.7 Å². The molecule has 2 nitrogen and oxygen atoms in total. The van der Waals surface area contributed by atoms with E-state index in [1.54, 1.807) is 24.3 Å². The lowest BCUT2D eigenvalue weighted by Crippen LogP contribution is -2.27. The van der Waals surface area contributed by atoms with Crippen LogP contribution in [0.15, 0.2) is 42.5 Å². The van der Waals surface area contributed by atoms with Crippen molar-refractivity contribution in [3.05, 3.63) is 63.9 Å². The first-order valence-corrected chi connectivity index (χ1v) is 6.95. The molecule has 0 fully saturated rings. The molecule has 2 aromatic rings. The zero-order valence-corrected chi connectivity index (χ0v) is 12.6. The zero-order chi connectivity index (χ0) is 14.5. The number of halogens is 3. The summed E-state index contributed by atoms with van der Waals surface area (Å²) >= 11 is 16.9. The van der Waals surface area contributed by atoms with E-state index in [4.69, 9.17) is 35.4 Å². The van der Waals surface area contributed by atoms with Crippen LogP contribution in [0.25, 0.3) is 0 Å². The first-order chi connectivity index (χ1) is 9.54. The van der Waals surface area contributed by atoms with Crippen molar-refractivity contribution in [2.45, 2.75) is 6.54 Å². The molecule has 20 heavy (non-hydrogen) atoms. The van der Waals surface area contributed by atoms with Crippen molar-refractivity contribution in [1.29, 1.82) is 0 Å². The van der Waals surface area contributed by atoms with Gasteiger partial charge in [0.05, 0.1) is 10.0 Å². The van der Waals surface area contributed by atoms with Crippen LogP contribution in [0, 0.1) is 5.82 Å². The van der Waals surface area contributed by atoms with Gasteiger partial charge in [-0.15, -0.1) is 0 Å². The highest BCUT2D eigenvalue weighted by Gasteiger charge is 2.01. The molecular weight excluding hydrogens is 318 g/mol. The average Bonchev–Trinajstić information content (AvgIpc) is 2.43. The zero-order valence-electron chi connectivity index (χ0n) is 10.3. The molecule has 0 aliphatic heterocycles. The molecule has 2 N–H and O–H groups in total. The van der Waals surface area contributed by atoms with E-state index in [-0.39, 0.29) is 5.82 Å². The van der Waals surface area contributed by atoms with Crippen LogP contribution in [0.5, 0.6) is 0 Å². The summed E-state index contributed by atoms with van der Waals surface area (Å²) in [5.41, 5.74) is 1.68. The predicted molar refractivity (Wildman–Crippen MR) is 85.9 cm³/mol. The van der Waals surface area contributed by atoms with Crippen LogP contribution < -0.4 is 10.6 Å². The summed E-state index contributed by atoms with van der Waals surface area (Å²) in [5.74, 6) is -0.287. The molecule has 6 heteroatoms. The van der Waals surface area contributed by atoms with Crippen molar-refractivity contribution in [2.75, 3.05) is 5.32 Å². The number of anilines is 1. The summed E-state index contributed by atoms with van der Waals surface area (Å²) in [6.45, 7) is 0.518. The van der Waals surface area contributed by atoms with Gasteiger partial charge >= 0.3 is 0 Å².